The molecule has 3 rings (SSSR count). The lowest BCUT2D eigenvalue weighted by Gasteiger charge is -2.19. The topological polar surface area (TPSA) is 112 Å². The number of urea groups is 1. The second-order valence-corrected chi connectivity index (χ2v) is 5.74. The van der Waals surface area contributed by atoms with E-state index in [1.54, 1.807) is 24.1 Å². The second kappa shape index (κ2) is 7.74. The van der Waals surface area contributed by atoms with Gasteiger partial charge in [0.2, 0.25) is 0 Å². The molecule has 2 N–H and O–H groups in total. The number of aryl methyl sites for hydroxylation is 2. The second-order valence-electron chi connectivity index (χ2n) is 5.74. The Morgan fingerprint density at radius 1 is 1.35 bits per heavy atom. The number of methoxy groups -OCH3 is 1. The third-order valence-corrected chi connectivity index (χ3v) is 3.94. The molecule has 26 heavy (non-hydrogen) atoms. The smallest absolute Gasteiger partial charge is 0.319 e. The van der Waals surface area contributed by atoms with Gasteiger partial charge in [0.15, 0.2) is 0 Å². The quantitative estimate of drug-likeness (QED) is 0.687. The summed E-state index contributed by atoms with van der Waals surface area (Å²) < 4.78 is 8.44. The van der Waals surface area contributed by atoms with Crippen molar-refractivity contribution in [1.82, 2.24) is 35.3 Å². The number of anilines is 1. The van der Waals surface area contributed by atoms with Gasteiger partial charge in [-0.1, -0.05) is 6.07 Å². The van der Waals surface area contributed by atoms with Gasteiger partial charge in [-0.2, -0.15) is 5.10 Å². The molecule has 0 saturated heterocycles. The summed E-state index contributed by atoms with van der Waals surface area (Å²) >= 11 is 0. The van der Waals surface area contributed by atoms with Gasteiger partial charge in [0.05, 0.1) is 24.0 Å². The summed E-state index contributed by atoms with van der Waals surface area (Å²) in [6, 6.07) is 6.74. The molecule has 2 heterocycles. The van der Waals surface area contributed by atoms with E-state index in [9.17, 15) is 4.79 Å². The summed E-state index contributed by atoms with van der Waals surface area (Å²) in [5, 5.41) is 21.0. The van der Waals surface area contributed by atoms with Crippen LogP contribution in [0, 0.1) is 6.92 Å². The number of rotatable bonds is 6. The van der Waals surface area contributed by atoms with E-state index in [4.69, 9.17) is 4.74 Å². The maximum absolute atomic E-state index is 12.5. The van der Waals surface area contributed by atoms with Crippen LogP contribution < -0.4 is 10.6 Å². The van der Waals surface area contributed by atoms with Crippen molar-refractivity contribution in [2.45, 2.75) is 13.0 Å². The zero-order valence-electron chi connectivity index (χ0n) is 14.7. The lowest BCUT2D eigenvalue weighted by molar-refractivity contribution is 0.165. The van der Waals surface area contributed by atoms with E-state index in [1.165, 1.54) is 11.0 Å². The summed E-state index contributed by atoms with van der Waals surface area (Å²) in [6.07, 6.45) is 3.17. The highest BCUT2D eigenvalue weighted by molar-refractivity contribution is 5.90. The van der Waals surface area contributed by atoms with Crippen LogP contribution in [0.3, 0.4) is 0 Å². The van der Waals surface area contributed by atoms with Crippen molar-refractivity contribution in [2.75, 3.05) is 19.0 Å². The zero-order valence-corrected chi connectivity index (χ0v) is 14.7. The van der Waals surface area contributed by atoms with E-state index in [1.807, 2.05) is 32.2 Å². The minimum Gasteiger partial charge on any atom is -0.382 e. The van der Waals surface area contributed by atoms with Crippen LogP contribution in [0.15, 0.2) is 36.8 Å². The number of amides is 2. The number of aromatic nitrogens is 6. The number of nitrogens with one attached hydrogen (secondary N) is 2. The Balaban J connectivity index is 1.75. The van der Waals surface area contributed by atoms with Gasteiger partial charge in [-0.05, 0) is 41.1 Å². The number of tetrazole rings is 1. The molecule has 0 radical (unpaired) electrons. The highest BCUT2D eigenvalue weighted by atomic mass is 16.5. The summed E-state index contributed by atoms with van der Waals surface area (Å²) in [5.41, 5.74) is 3.18. The number of ether oxygens (including phenoxy) is 1. The lowest BCUT2D eigenvalue weighted by Crippen LogP contribution is -2.36. The van der Waals surface area contributed by atoms with Crippen LogP contribution in [-0.4, -0.2) is 49.7 Å². The minimum absolute atomic E-state index is 0.324. The van der Waals surface area contributed by atoms with Gasteiger partial charge < -0.3 is 15.4 Å². The molecule has 0 aliphatic rings. The average Bonchev–Trinajstić information content (AvgIpc) is 3.28. The number of benzene rings is 1. The number of carbonyl (C=O) groups is 1. The molecule has 0 aliphatic carbocycles. The fourth-order valence-corrected chi connectivity index (χ4v) is 2.58. The molecule has 0 fully saturated rings. The molecule has 10 heteroatoms. The molecule has 2 aromatic heterocycles. The fourth-order valence-electron chi connectivity index (χ4n) is 2.58. The average molecular weight is 356 g/mol. The zero-order chi connectivity index (χ0) is 18.5. The fraction of sp³-hybridized carbons (Fsp3) is 0.312. The van der Waals surface area contributed by atoms with Crippen molar-refractivity contribution in [3.05, 3.63) is 48.0 Å². The van der Waals surface area contributed by atoms with Crippen LogP contribution in [0.5, 0.6) is 0 Å². The van der Waals surface area contributed by atoms with Crippen LogP contribution >= 0.6 is 0 Å². The Hall–Kier alpha value is -3.27. The molecular formula is C16H20N8O2. The van der Waals surface area contributed by atoms with E-state index in [0.29, 0.717) is 12.3 Å². The van der Waals surface area contributed by atoms with Gasteiger partial charge in [0.25, 0.3) is 0 Å². The minimum atomic E-state index is -0.342. The first-order valence-electron chi connectivity index (χ1n) is 7.97. The predicted octanol–water partition coefficient (Wildman–Crippen LogP) is 1.21. The van der Waals surface area contributed by atoms with Crippen molar-refractivity contribution in [2.24, 2.45) is 7.05 Å². The van der Waals surface area contributed by atoms with E-state index in [0.717, 1.165) is 16.9 Å². The molecule has 10 nitrogen and oxygen atoms in total. The summed E-state index contributed by atoms with van der Waals surface area (Å²) in [6.45, 7) is 2.24. The molecule has 2 amide bonds. The summed E-state index contributed by atoms with van der Waals surface area (Å²) in [5.74, 6) is 0. The third kappa shape index (κ3) is 3.86. The van der Waals surface area contributed by atoms with Gasteiger partial charge in [0.1, 0.15) is 6.33 Å². The first kappa shape index (κ1) is 17.5. The Labute approximate surface area is 150 Å². The summed E-state index contributed by atoms with van der Waals surface area (Å²) in [4.78, 5) is 12.5. The molecule has 1 unspecified atom stereocenters. The van der Waals surface area contributed by atoms with E-state index >= 15 is 0 Å². The van der Waals surface area contributed by atoms with Crippen LogP contribution in [0.25, 0.3) is 5.69 Å². The molecule has 3 aromatic rings. The van der Waals surface area contributed by atoms with E-state index in [2.05, 4.69) is 31.3 Å². The third-order valence-electron chi connectivity index (χ3n) is 3.94. The standard InChI is InChI=1S/C16H20N8O2/c1-11-4-5-12(24-10-17-21-22-24)8-13(11)19-16(25)20-14(9-26-3)15-6-7-18-23(15)2/h4-8,10,14H,9H2,1-3H3,(H2,19,20,25). The van der Waals surface area contributed by atoms with E-state index in [-0.39, 0.29) is 12.1 Å². The SMILES string of the molecule is COCC(NC(=O)Nc1cc(-n2cnnn2)ccc1C)c1ccnn1C. The Bertz CT molecular complexity index is 874. The van der Waals surface area contributed by atoms with Crippen molar-refractivity contribution in [3.63, 3.8) is 0 Å². The highest BCUT2D eigenvalue weighted by Crippen LogP contribution is 2.19. The maximum atomic E-state index is 12.5. The molecule has 0 saturated carbocycles. The molecule has 1 aromatic carbocycles. The van der Waals surface area contributed by atoms with Crippen molar-refractivity contribution in [3.8, 4) is 5.69 Å². The highest BCUT2D eigenvalue weighted by Gasteiger charge is 2.18. The van der Waals surface area contributed by atoms with Gasteiger partial charge in [-0.3, -0.25) is 4.68 Å². The Morgan fingerprint density at radius 3 is 2.85 bits per heavy atom. The Kier molecular flexibility index (Phi) is 5.23. The first-order valence-corrected chi connectivity index (χ1v) is 7.97. The normalized spacial score (nSPS) is 12.0. The van der Waals surface area contributed by atoms with Crippen LogP contribution in [0.2, 0.25) is 0 Å². The monoisotopic (exact) mass is 356 g/mol. The van der Waals surface area contributed by atoms with E-state index < -0.39 is 0 Å². The number of hydrogen-bond donors (Lipinski definition) is 2. The number of carbonyl (C=O) groups excluding carboxylic acids is 1. The largest absolute Gasteiger partial charge is 0.382 e. The first-order chi connectivity index (χ1) is 12.6. The summed E-state index contributed by atoms with van der Waals surface area (Å²) in [7, 11) is 3.40. The molecule has 1 atom stereocenters. The van der Waals surface area contributed by atoms with Crippen LogP contribution in [0.1, 0.15) is 17.3 Å². The lowest BCUT2D eigenvalue weighted by atomic mass is 10.2. The maximum Gasteiger partial charge on any atom is 0.319 e. The van der Waals surface area contributed by atoms with Gasteiger partial charge in [-0.25, -0.2) is 9.48 Å². The van der Waals surface area contributed by atoms with Crippen LogP contribution in [-0.2, 0) is 11.8 Å². The molecule has 0 aliphatic heterocycles. The molecular weight excluding hydrogens is 336 g/mol. The number of hydrogen-bond acceptors (Lipinski definition) is 6. The van der Waals surface area contributed by atoms with Crippen molar-refractivity contribution in [1.29, 1.82) is 0 Å². The molecule has 0 spiro atoms. The van der Waals surface area contributed by atoms with Gasteiger partial charge in [0, 0.05) is 26.0 Å². The van der Waals surface area contributed by atoms with Crippen molar-refractivity contribution < 1.29 is 9.53 Å². The van der Waals surface area contributed by atoms with Crippen molar-refractivity contribution >= 4 is 11.7 Å². The van der Waals surface area contributed by atoms with Crippen LogP contribution in [0.4, 0.5) is 10.5 Å². The number of nitrogens with zero attached hydrogens (tertiary/aromatic N) is 6. The van der Waals surface area contributed by atoms with Gasteiger partial charge in [-0.15, -0.1) is 5.10 Å². The predicted molar refractivity (Wildman–Crippen MR) is 93.9 cm³/mol. The molecule has 136 valence electrons. The van der Waals surface area contributed by atoms with Gasteiger partial charge >= 0.3 is 6.03 Å². The Morgan fingerprint density at radius 2 is 2.19 bits per heavy atom. The molecule has 0 bridgehead atoms.